The van der Waals surface area contributed by atoms with Gasteiger partial charge in [-0.15, -0.1) is 0 Å². The molecule has 0 saturated heterocycles. The van der Waals surface area contributed by atoms with E-state index < -0.39 is 40.9 Å². The molecule has 19 heavy (non-hydrogen) atoms. The van der Waals surface area contributed by atoms with Gasteiger partial charge in [0.2, 0.25) is 5.91 Å². The monoisotopic (exact) mass is 280 g/mol. The van der Waals surface area contributed by atoms with Gasteiger partial charge in [0.15, 0.2) is 23.3 Å². The number of benzene rings is 1. The molecule has 0 radical (unpaired) electrons. The van der Waals surface area contributed by atoms with Crippen molar-refractivity contribution < 1.29 is 27.1 Å². The third kappa shape index (κ3) is 3.65. The lowest BCUT2D eigenvalue weighted by Gasteiger charge is -2.13. The summed E-state index contributed by atoms with van der Waals surface area (Å²) >= 11 is 0. The number of ether oxygens (including phenoxy) is 1. The average Bonchev–Trinajstić information content (AvgIpc) is 2.38. The molecule has 0 aliphatic rings. The lowest BCUT2D eigenvalue weighted by molar-refractivity contribution is -0.117. The van der Waals surface area contributed by atoms with E-state index >= 15 is 0 Å². The Balaban J connectivity index is 2.91. The first kappa shape index (κ1) is 15.4. The van der Waals surface area contributed by atoms with Gasteiger partial charge in [0.05, 0.1) is 6.04 Å². The fourth-order valence-electron chi connectivity index (χ4n) is 1.27. The van der Waals surface area contributed by atoms with Gasteiger partial charge in [-0.3, -0.25) is 4.79 Å². The van der Waals surface area contributed by atoms with Crippen molar-refractivity contribution in [1.29, 1.82) is 0 Å². The summed E-state index contributed by atoms with van der Waals surface area (Å²) in [6.07, 6.45) is 0.0867. The molecule has 1 amide bonds. The Morgan fingerprint density at radius 1 is 1.32 bits per heavy atom. The quantitative estimate of drug-likeness (QED) is 0.635. The second-order valence-electron chi connectivity index (χ2n) is 3.72. The van der Waals surface area contributed by atoms with E-state index in [9.17, 15) is 22.4 Å². The number of carbonyl (C=O) groups is 1. The van der Waals surface area contributed by atoms with E-state index in [1.165, 1.54) is 7.11 Å². The van der Waals surface area contributed by atoms with Crippen LogP contribution in [-0.2, 0) is 9.53 Å². The average molecular weight is 280 g/mol. The molecule has 0 aromatic heterocycles. The van der Waals surface area contributed by atoms with Crippen LogP contribution >= 0.6 is 0 Å². The minimum Gasteiger partial charge on any atom is -0.385 e. The first-order valence-corrected chi connectivity index (χ1v) is 5.26. The standard InChI is InChI=1S/C11H12F4N2O2/c1-19-3-2-7(16)11(18)17-10-8(14)5(12)4-6(13)9(10)15/h4,7H,2-3,16H2,1H3,(H,17,18). The maximum atomic E-state index is 13.3. The minimum absolute atomic E-state index is 0.0468. The number of nitrogens with one attached hydrogen (secondary N) is 1. The molecule has 3 N–H and O–H groups in total. The lowest BCUT2D eigenvalue weighted by atomic mass is 10.2. The van der Waals surface area contributed by atoms with Crippen LogP contribution in [0.15, 0.2) is 6.07 Å². The summed E-state index contributed by atoms with van der Waals surface area (Å²) in [5, 5.41) is 1.72. The van der Waals surface area contributed by atoms with Crippen molar-refractivity contribution in [2.45, 2.75) is 12.5 Å². The third-order valence-electron chi connectivity index (χ3n) is 2.33. The second-order valence-corrected chi connectivity index (χ2v) is 3.72. The SMILES string of the molecule is COCCC(N)C(=O)Nc1c(F)c(F)cc(F)c1F. The van der Waals surface area contributed by atoms with Crippen LogP contribution in [0.25, 0.3) is 0 Å². The Morgan fingerprint density at radius 3 is 2.32 bits per heavy atom. The number of carbonyl (C=O) groups excluding carboxylic acids is 1. The zero-order valence-corrected chi connectivity index (χ0v) is 9.97. The summed E-state index contributed by atoms with van der Waals surface area (Å²) in [7, 11) is 1.38. The zero-order chi connectivity index (χ0) is 14.6. The molecule has 1 aromatic carbocycles. The highest BCUT2D eigenvalue weighted by molar-refractivity contribution is 5.94. The van der Waals surface area contributed by atoms with Crippen LogP contribution < -0.4 is 11.1 Å². The van der Waals surface area contributed by atoms with E-state index in [0.717, 1.165) is 0 Å². The number of amides is 1. The second kappa shape index (κ2) is 6.48. The molecule has 1 aromatic rings. The topological polar surface area (TPSA) is 64.3 Å². The van der Waals surface area contributed by atoms with Crippen LogP contribution in [0.2, 0.25) is 0 Å². The van der Waals surface area contributed by atoms with Crippen molar-refractivity contribution >= 4 is 11.6 Å². The third-order valence-corrected chi connectivity index (χ3v) is 2.33. The highest BCUT2D eigenvalue weighted by atomic mass is 19.2. The van der Waals surface area contributed by atoms with Crippen molar-refractivity contribution in [3.05, 3.63) is 29.3 Å². The van der Waals surface area contributed by atoms with Crippen LogP contribution in [0.3, 0.4) is 0 Å². The Bertz CT molecular complexity index is 456. The molecule has 0 fully saturated rings. The number of nitrogens with two attached hydrogens (primary N) is 1. The minimum atomic E-state index is -1.69. The van der Waals surface area contributed by atoms with Gasteiger partial charge in [-0.2, -0.15) is 0 Å². The molecule has 8 heteroatoms. The number of hydrogen-bond acceptors (Lipinski definition) is 3. The van der Waals surface area contributed by atoms with Crippen molar-refractivity contribution in [3.63, 3.8) is 0 Å². The van der Waals surface area contributed by atoms with Crippen molar-refractivity contribution in [2.24, 2.45) is 5.73 Å². The molecule has 1 rings (SSSR count). The molecular formula is C11H12F4N2O2. The van der Waals surface area contributed by atoms with Gasteiger partial charge < -0.3 is 15.8 Å². The van der Waals surface area contributed by atoms with Crippen LogP contribution in [-0.4, -0.2) is 25.7 Å². The number of halogens is 4. The molecular weight excluding hydrogens is 268 g/mol. The summed E-state index contributed by atoms with van der Waals surface area (Å²) in [5.41, 5.74) is 4.20. The lowest BCUT2D eigenvalue weighted by Crippen LogP contribution is -2.37. The number of anilines is 1. The predicted octanol–water partition coefficient (Wildman–Crippen LogP) is 1.55. The van der Waals surface area contributed by atoms with E-state index in [0.29, 0.717) is 0 Å². The van der Waals surface area contributed by atoms with E-state index in [1.807, 2.05) is 0 Å². The van der Waals surface area contributed by atoms with Gasteiger partial charge in [0, 0.05) is 19.8 Å². The highest BCUT2D eigenvalue weighted by Gasteiger charge is 2.23. The predicted molar refractivity (Wildman–Crippen MR) is 59.4 cm³/mol. The maximum Gasteiger partial charge on any atom is 0.241 e. The zero-order valence-electron chi connectivity index (χ0n) is 9.97. The Labute approximate surface area is 106 Å². The number of rotatable bonds is 5. The van der Waals surface area contributed by atoms with Crippen molar-refractivity contribution in [3.8, 4) is 0 Å². The molecule has 0 heterocycles. The van der Waals surface area contributed by atoms with Crippen LogP contribution in [0.4, 0.5) is 23.2 Å². The fraction of sp³-hybridized carbons (Fsp3) is 0.364. The summed E-state index contributed by atoms with van der Waals surface area (Å²) in [5.74, 6) is -7.57. The first-order valence-electron chi connectivity index (χ1n) is 5.26. The maximum absolute atomic E-state index is 13.3. The summed E-state index contributed by atoms with van der Waals surface area (Å²) in [4.78, 5) is 11.5. The van der Waals surface area contributed by atoms with Gasteiger partial charge >= 0.3 is 0 Å². The van der Waals surface area contributed by atoms with Gasteiger partial charge in [0.1, 0.15) is 5.69 Å². The van der Waals surface area contributed by atoms with Gasteiger partial charge in [-0.25, -0.2) is 17.6 Å². The largest absolute Gasteiger partial charge is 0.385 e. The summed E-state index contributed by atoms with van der Waals surface area (Å²) in [6, 6.07) is -1.07. The molecule has 106 valence electrons. The number of methoxy groups -OCH3 is 1. The van der Waals surface area contributed by atoms with E-state index in [-0.39, 0.29) is 19.1 Å². The van der Waals surface area contributed by atoms with Gasteiger partial charge in [-0.1, -0.05) is 0 Å². The van der Waals surface area contributed by atoms with Crippen molar-refractivity contribution in [2.75, 3.05) is 19.0 Å². The van der Waals surface area contributed by atoms with Crippen LogP contribution in [0.5, 0.6) is 0 Å². The molecule has 1 atom stereocenters. The molecule has 0 aliphatic heterocycles. The Hall–Kier alpha value is -1.67. The van der Waals surface area contributed by atoms with Gasteiger partial charge in [0.25, 0.3) is 0 Å². The Morgan fingerprint density at radius 2 is 1.84 bits per heavy atom. The van der Waals surface area contributed by atoms with Crippen LogP contribution in [0.1, 0.15) is 6.42 Å². The summed E-state index contributed by atoms with van der Waals surface area (Å²) < 4.78 is 57.0. The van der Waals surface area contributed by atoms with E-state index in [1.54, 1.807) is 5.32 Å². The molecule has 0 spiro atoms. The molecule has 0 bridgehead atoms. The van der Waals surface area contributed by atoms with E-state index in [2.05, 4.69) is 4.74 Å². The Kier molecular flexibility index (Phi) is 5.25. The summed E-state index contributed by atoms with van der Waals surface area (Å²) in [6.45, 7) is 0.150. The normalized spacial score (nSPS) is 12.3. The van der Waals surface area contributed by atoms with Gasteiger partial charge in [-0.05, 0) is 6.42 Å². The molecule has 4 nitrogen and oxygen atoms in total. The fourth-order valence-corrected chi connectivity index (χ4v) is 1.27. The first-order chi connectivity index (χ1) is 8.88. The number of hydrogen-bond donors (Lipinski definition) is 2. The molecule has 0 saturated carbocycles. The smallest absolute Gasteiger partial charge is 0.241 e. The molecule has 1 unspecified atom stereocenters. The highest BCUT2D eigenvalue weighted by Crippen LogP contribution is 2.24. The van der Waals surface area contributed by atoms with E-state index in [4.69, 9.17) is 5.73 Å². The molecule has 0 aliphatic carbocycles. The van der Waals surface area contributed by atoms with Crippen LogP contribution in [0, 0.1) is 23.3 Å². The van der Waals surface area contributed by atoms with Crippen molar-refractivity contribution in [1.82, 2.24) is 0 Å².